The Kier molecular flexibility index (Phi) is 6.95. The van der Waals surface area contributed by atoms with Crippen LogP contribution in [-0.2, 0) is 19.0 Å². The van der Waals surface area contributed by atoms with Crippen LogP contribution in [0.15, 0.2) is 12.8 Å². The monoisotopic (exact) mass is 190 g/mol. The van der Waals surface area contributed by atoms with Crippen molar-refractivity contribution >= 4 is 5.97 Å². The third kappa shape index (κ3) is 7.30. The summed E-state index contributed by atoms with van der Waals surface area (Å²) in [6, 6.07) is 0. The van der Waals surface area contributed by atoms with E-state index < -0.39 is 12.3 Å². The minimum Gasteiger partial charge on any atom is -0.461 e. The normalized spacial score (nSPS) is 11.8. The summed E-state index contributed by atoms with van der Waals surface area (Å²) in [5.41, 5.74) is 0. The van der Waals surface area contributed by atoms with Crippen LogP contribution in [0.4, 0.5) is 0 Å². The first kappa shape index (κ1) is 11.9. The fourth-order valence-corrected chi connectivity index (χ4v) is 0.638. The molecule has 0 aromatic carbocycles. The molecule has 0 aliphatic rings. The van der Waals surface area contributed by atoms with Crippen LogP contribution in [0.5, 0.6) is 0 Å². The molecule has 0 fully saturated rings. The summed E-state index contributed by atoms with van der Waals surface area (Å²) in [6.45, 7) is 4.76. The van der Waals surface area contributed by atoms with Gasteiger partial charge in [-0.2, -0.15) is 0 Å². The lowest BCUT2D eigenvalue weighted by atomic mass is 10.6. The number of carbonyl (C=O) groups excluding carboxylic acids is 1. The highest BCUT2D eigenvalue weighted by Crippen LogP contribution is 1.97. The maximum Gasteiger partial charge on any atom is 0.305 e. The van der Waals surface area contributed by atoms with Gasteiger partial charge in [0.15, 0.2) is 0 Å². The van der Waals surface area contributed by atoms with Gasteiger partial charge in [-0.15, -0.1) is 0 Å². The van der Waals surface area contributed by atoms with Gasteiger partial charge in [0.05, 0.1) is 19.5 Å². The Bertz CT molecular complexity index is 157. The van der Waals surface area contributed by atoms with Gasteiger partial charge in [-0.1, -0.05) is 6.58 Å². The number of hydrogen-bond donors (Lipinski definition) is 1. The molecule has 76 valence electrons. The van der Waals surface area contributed by atoms with E-state index in [4.69, 9.17) is 19.3 Å². The summed E-state index contributed by atoms with van der Waals surface area (Å²) >= 11 is 0. The van der Waals surface area contributed by atoms with Crippen molar-refractivity contribution in [1.82, 2.24) is 0 Å². The largest absolute Gasteiger partial charge is 0.461 e. The van der Waals surface area contributed by atoms with Gasteiger partial charge in [0.2, 0.25) is 0 Å². The Labute approximate surface area is 76.9 Å². The van der Waals surface area contributed by atoms with E-state index in [1.165, 1.54) is 6.92 Å². The van der Waals surface area contributed by atoms with E-state index in [-0.39, 0.29) is 19.8 Å². The van der Waals surface area contributed by atoms with E-state index in [2.05, 4.69) is 6.58 Å². The van der Waals surface area contributed by atoms with Crippen LogP contribution in [0.2, 0.25) is 0 Å². The lowest BCUT2D eigenvalue weighted by Gasteiger charge is -2.15. The van der Waals surface area contributed by atoms with E-state index >= 15 is 0 Å². The average molecular weight is 190 g/mol. The third-order valence-corrected chi connectivity index (χ3v) is 1.03. The minimum atomic E-state index is -0.790. The van der Waals surface area contributed by atoms with Crippen LogP contribution in [0.25, 0.3) is 0 Å². The van der Waals surface area contributed by atoms with Gasteiger partial charge in [0, 0.05) is 6.92 Å². The molecular formula is C8H14O5. The van der Waals surface area contributed by atoms with Crippen LogP contribution in [-0.4, -0.2) is 37.2 Å². The van der Waals surface area contributed by atoms with Gasteiger partial charge in [-0.3, -0.25) is 4.79 Å². The second-order valence-electron chi connectivity index (χ2n) is 2.14. The second-order valence-corrected chi connectivity index (χ2v) is 2.14. The van der Waals surface area contributed by atoms with Gasteiger partial charge in [0.25, 0.3) is 6.29 Å². The van der Waals surface area contributed by atoms with Crippen LogP contribution in [0, 0.1) is 0 Å². The molecule has 0 amide bonds. The highest BCUT2D eigenvalue weighted by Gasteiger charge is 2.10. The molecule has 0 aliphatic heterocycles. The van der Waals surface area contributed by atoms with Crippen LogP contribution in [0.1, 0.15) is 6.92 Å². The molecule has 1 atom stereocenters. The zero-order valence-corrected chi connectivity index (χ0v) is 7.56. The Balaban J connectivity index is 3.65. The van der Waals surface area contributed by atoms with Gasteiger partial charge in [0.1, 0.15) is 6.61 Å². The minimum absolute atomic E-state index is 0.0756. The topological polar surface area (TPSA) is 65.0 Å². The predicted molar refractivity (Wildman–Crippen MR) is 44.7 cm³/mol. The van der Waals surface area contributed by atoms with Crippen molar-refractivity contribution in [2.45, 2.75) is 13.2 Å². The first-order chi connectivity index (χ1) is 6.20. The number of esters is 1. The molecule has 0 saturated heterocycles. The number of aliphatic hydroxyl groups is 1. The Morgan fingerprint density at radius 1 is 1.69 bits per heavy atom. The highest BCUT2D eigenvalue weighted by molar-refractivity contribution is 5.66. The van der Waals surface area contributed by atoms with Gasteiger partial charge in [-0.25, -0.2) is 0 Å². The fourth-order valence-electron chi connectivity index (χ4n) is 0.638. The quantitative estimate of drug-likeness (QED) is 0.266. The molecule has 0 aromatic rings. The number of carbonyl (C=O) groups is 1. The summed E-state index contributed by atoms with van der Waals surface area (Å²) < 4.78 is 14.4. The molecule has 0 bridgehead atoms. The zero-order valence-electron chi connectivity index (χ0n) is 7.56. The fraction of sp³-hybridized carbons (Fsp3) is 0.625. The Morgan fingerprint density at radius 2 is 2.38 bits per heavy atom. The summed E-state index contributed by atoms with van der Waals surface area (Å²) in [6.07, 6.45) is 0.372. The van der Waals surface area contributed by atoms with E-state index in [0.717, 1.165) is 6.26 Å². The molecule has 0 heterocycles. The summed E-state index contributed by atoms with van der Waals surface area (Å²) in [5, 5.41) is 8.40. The smallest absolute Gasteiger partial charge is 0.305 e. The number of aliphatic hydroxyl groups excluding tert-OH is 1. The number of rotatable bonds is 7. The summed E-state index contributed by atoms with van der Waals surface area (Å²) in [7, 11) is 0. The van der Waals surface area contributed by atoms with Crippen molar-refractivity contribution in [3.63, 3.8) is 0 Å². The van der Waals surface area contributed by atoms with Crippen LogP contribution >= 0.6 is 0 Å². The predicted octanol–water partition coefficient (Wildman–Crippen LogP) is 0.0446. The average Bonchev–Trinajstić information content (AvgIpc) is 2.04. The first-order valence-corrected chi connectivity index (χ1v) is 3.83. The van der Waals surface area contributed by atoms with E-state index in [9.17, 15) is 4.79 Å². The summed E-state index contributed by atoms with van der Waals surface area (Å²) in [4.78, 5) is 10.5. The zero-order chi connectivity index (χ0) is 10.1. The molecule has 0 saturated carbocycles. The van der Waals surface area contributed by atoms with Crippen molar-refractivity contribution in [3.05, 3.63) is 12.8 Å². The molecule has 5 nitrogen and oxygen atoms in total. The Morgan fingerprint density at radius 3 is 2.85 bits per heavy atom. The lowest BCUT2D eigenvalue weighted by Crippen LogP contribution is -2.24. The van der Waals surface area contributed by atoms with E-state index in [1.807, 2.05) is 0 Å². The van der Waals surface area contributed by atoms with Crippen molar-refractivity contribution in [2.75, 3.05) is 19.8 Å². The lowest BCUT2D eigenvalue weighted by molar-refractivity contribution is -0.176. The number of ether oxygens (including phenoxy) is 3. The van der Waals surface area contributed by atoms with Crippen LogP contribution < -0.4 is 0 Å². The molecule has 0 aliphatic carbocycles. The molecular weight excluding hydrogens is 176 g/mol. The molecule has 0 radical (unpaired) electrons. The first-order valence-electron chi connectivity index (χ1n) is 3.83. The summed E-state index contributed by atoms with van der Waals surface area (Å²) in [5.74, 6) is -0.459. The molecule has 0 spiro atoms. The molecule has 5 heteroatoms. The number of hydrogen-bond acceptors (Lipinski definition) is 5. The highest BCUT2D eigenvalue weighted by atomic mass is 16.7. The second kappa shape index (κ2) is 7.57. The molecule has 1 N–H and O–H groups in total. The molecule has 1 unspecified atom stereocenters. The van der Waals surface area contributed by atoms with E-state index in [0.29, 0.717) is 0 Å². The third-order valence-electron chi connectivity index (χ3n) is 1.03. The van der Waals surface area contributed by atoms with Gasteiger partial charge >= 0.3 is 5.97 Å². The van der Waals surface area contributed by atoms with Crippen molar-refractivity contribution in [3.8, 4) is 0 Å². The van der Waals surface area contributed by atoms with Gasteiger partial charge in [-0.05, 0) is 0 Å². The molecule has 13 heavy (non-hydrogen) atoms. The Hall–Kier alpha value is -1.07. The van der Waals surface area contributed by atoms with E-state index in [1.54, 1.807) is 0 Å². The molecule has 0 rings (SSSR count). The van der Waals surface area contributed by atoms with Crippen LogP contribution in [0.3, 0.4) is 0 Å². The van der Waals surface area contributed by atoms with Crippen molar-refractivity contribution in [2.24, 2.45) is 0 Å². The van der Waals surface area contributed by atoms with Crippen molar-refractivity contribution in [1.29, 1.82) is 0 Å². The maximum absolute atomic E-state index is 10.5. The van der Waals surface area contributed by atoms with Gasteiger partial charge < -0.3 is 19.3 Å². The van der Waals surface area contributed by atoms with Crippen molar-refractivity contribution < 1.29 is 24.1 Å². The SMILES string of the molecule is C=COC(COCCO)OC(C)=O. The maximum atomic E-state index is 10.5. The standard InChI is InChI=1S/C8H14O5/c1-3-12-8(13-7(2)10)6-11-5-4-9/h3,8-9H,1,4-6H2,2H3. The molecule has 0 aromatic heterocycles.